The average Bonchev–Trinajstić information content (AvgIpc) is 2.28. The highest BCUT2D eigenvalue weighted by molar-refractivity contribution is 9.10. The first kappa shape index (κ1) is 13.3. The van der Waals surface area contributed by atoms with Crippen LogP contribution in [-0.4, -0.2) is 25.9 Å². The fourth-order valence-corrected chi connectivity index (χ4v) is 1.98. The topological polar surface area (TPSA) is 64.7 Å². The van der Waals surface area contributed by atoms with Crippen molar-refractivity contribution in [2.75, 3.05) is 20.8 Å². The molecule has 0 bridgehead atoms. The third-order valence-electron chi connectivity index (χ3n) is 2.31. The molecule has 90 valence electrons. The van der Waals surface area contributed by atoms with Crippen molar-refractivity contribution in [3.05, 3.63) is 22.2 Å². The molecule has 0 fully saturated rings. The molecule has 4 nitrogen and oxygen atoms in total. The third-order valence-corrected chi connectivity index (χ3v) is 2.77. The molecule has 1 aromatic carbocycles. The molecule has 0 spiro atoms. The van der Waals surface area contributed by atoms with Crippen molar-refractivity contribution >= 4 is 15.9 Å². The summed E-state index contributed by atoms with van der Waals surface area (Å²) in [5.41, 5.74) is 6.78. The molecule has 0 radical (unpaired) electrons. The van der Waals surface area contributed by atoms with Gasteiger partial charge in [-0.05, 0) is 18.6 Å². The van der Waals surface area contributed by atoms with Gasteiger partial charge in [0, 0.05) is 22.7 Å². The summed E-state index contributed by atoms with van der Waals surface area (Å²) < 4.78 is 11.4. The molecule has 1 unspecified atom stereocenters. The number of benzene rings is 1. The number of hydrogen-bond acceptors (Lipinski definition) is 4. The molecule has 1 atom stereocenters. The fraction of sp³-hybridized carbons (Fsp3) is 0.455. The number of halogens is 1. The average molecular weight is 290 g/mol. The molecule has 0 aliphatic carbocycles. The zero-order valence-corrected chi connectivity index (χ0v) is 11.0. The Hall–Kier alpha value is -0.780. The predicted octanol–water partition coefficient (Wildman–Crippen LogP) is 1.85. The highest BCUT2D eigenvalue weighted by Gasteiger charge is 2.16. The van der Waals surface area contributed by atoms with Gasteiger partial charge in [0.1, 0.15) is 0 Å². The summed E-state index contributed by atoms with van der Waals surface area (Å²) in [7, 11) is 3.15. The van der Waals surface area contributed by atoms with Crippen molar-refractivity contribution in [2.24, 2.45) is 5.73 Å². The molecule has 5 heteroatoms. The number of nitrogens with two attached hydrogens (primary N) is 1. The van der Waals surface area contributed by atoms with E-state index in [1.807, 2.05) is 12.1 Å². The van der Waals surface area contributed by atoms with Gasteiger partial charge in [0.15, 0.2) is 11.5 Å². The molecule has 0 saturated carbocycles. The molecule has 0 saturated heterocycles. The van der Waals surface area contributed by atoms with Crippen molar-refractivity contribution in [3.63, 3.8) is 0 Å². The van der Waals surface area contributed by atoms with E-state index >= 15 is 0 Å². The Balaban J connectivity index is 3.19. The summed E-state index contributed by atoms with van der Waals surface area (Å²) in [5, 5.41) is 8.89. The first-order valence-electron chi connectivity index (χ1n) is 4.91. The number of rotatable bonds is 5. The molecule has 16 heavy (non-hydrogen) atoms. The van der Waals surface area contributed by atoms with Gasteiger partial charge in [0.05, 0.1) is 14.2 Å². The smallest absolute Gasteiger partial charge is 0.165 e. The highest BCUT2D eigenvalue weighted by atomic mass is 79.9. The van der Waals surface area contributed by atoms with Crippen molar-refractivity contribution in [3.8, 4) is 11.5 Å². The summed E-state index contributed by atoms with van der Waals surface area (Å²) in [5.74, 6) is 1.24. The summed E-state index contributed by atoms with van der Waals surface area (Å²) in [6.07, 6.45) is 0.482. The van der Waals surface area contributed by atoms with E-state index in [-0.39, 0.29) is 12.6 Å². The van der Waals surface area contributed by atoms with Gasteiger partial charge < -0.3 is 20.3 Å². The molecule has 0 amide bonds. The van der Waals surface area contributed by atoms with Crippen LogP contribution < -0.4 is 15.2 Å². The van der Waals surface area contributed by atoms with Crippen molar-refractivity contribution in [2.45, 2.75) is 12.5 Å². The van der Waals surface area contributed by atoms with E-state index in [9.17, 15) is 0 Å². The van der Waals surface area contributed by atoms with Crippen LogP contribution in [0.1, 0.15) is 18.0 Å². The Labute approximate surface area is 103 Å². The lowest BCUT2D eigenvalue weighted by Gasteiger charge is -2.17. The second-order valence-corrected chi connectivity index (χ2v) is 4.26. The second-order valence-electron chi connectivity index (χ2n) is 3.35. The van der Waals surface area contributed by atoms with Crippen LogP contribution in [0.4, 0.5) is 0 Å². The molecule has 0 aliphatic rings. The molecule has 0 aliphatic heterocycles. The van der Waals surface area contributed by atoms with Gasteiger partial charge in [0.2, 0.25) is 0 Å². The first-order chi connectivity index (χ1) is 7.63. The Morgan fingerprint density at radius 1 is 1.38 bits per heavy atom. The Morgan fingerprint density at radius 3 is 2.56 bits per heavy atom. The minimum absolute atomic E-state index is 0.0408. The summed E-state index contributed by atoms with van der Waals surface area (Å²) in [4.78, 5) is 0. The lowest BCUT2D eigenvalue weighted by Crippen LogP contribution is -2.13. The van der Waals surface area contributed by atoms with Crippen LogP contribution in [0.5, 0.6) is 11.5 Å². The lowest BCUT2D eigenvalue weighted by molar-refractivity contribution is 0.274. The highest BCUT2D eigenvalue weighted by Crippen LogP contribution is 2.37. The normalized spacial score (nSPS) is 12.3. The predicted molar refractivity (Wildman–Crippen MR) is 65.9 cm³/mol. The molecule has 1 rings (SSSR count). The maximum atomic E-state index is 8.89. The number of ether oxygens (including phenoxy) is 2. The van der Waals surface area contributed by atoms with Gasteiger partial charge in [-0.3, -0.25) is 0 Å². The molecule has 0 heterocycles. The largest absolute Gasteiger partial charge is 0.493 e. The van der Waals surface area contributed by atoms with Crippen LogP contribution in [-0.2, 0) is 0 Å². The molecule has 3 N–H and O–H groups in total. The Morgan fingerprint density at radius 2 is 2.06 bits per heavy atom. The third kappa shape index (κ3) is 2.87. The van der Waals surface area contributed by atoms with Crippen LogP contribution >= 0.6 is 15.9 Å². The van der Waals surface area contributed by atoms with E-state index < -0.39 is 0 Å². The van der Waals surface area contributed by atoms with E-state index in [0.717, 1.165) is 10.0 Å². The fourth-order valence-electron chi connectivity index (χ4n) is 1.53. The van der Waals surface area contributed by atoms with Gasteiger partial charge in [-0.25, -0.2) is 0 Å². The van der Waals surface area contributed by atoms with E-state index in [0.29, 0.717) is 17.9 Å². The summed E-state index contributed by atoms with van der Waals surface area (Å²) in [6, 6.07) is 3.42. The zero-order chi connectivity index (χ0) is 12.1. The van der Waals surface area contributed by atoms with E-state index in [1.54, 1.807) is 14.2 Å². The van der Waals surface area contributed by atoms with Gasteiger partial charge in [-0.2, -0.15) is 0 Å². The molecule has 1 aromatic rings. The Kier molecular flexibility index (Phi) is 5.05. The maximum Gasteiger partial charge on any atom is 0.165 e. The van der Waals surface area contributed by atoms with Crippen molar-refractivity contribution in [1.82, 2.24) is 0 Å². The van der Waals surface area contributed by atoms with Crippen LogP contribution in [0.2, 0.25) is 0 Å². The van der Waals surface area contributed by atoms with Crippen LogP contribution in [0.15, 0.2) is 16.6 Å². The number of aliphatic hydroxyl groups excluding tert-OH is 1. The minimum Gasteiger partial charge on any atom is -0.493 e. The Bertz CT molecular complexity index is 357. The number of aliphatic hydroxyl groups is 1. The molecular formula is C11H16BrNO3. The van der Waals surface area contributed by atoms with Crippen molar-refractivity contribution < 1.29 is 14.6 Å². The standard InChI is InChI=1S/C11H16BrNO3/c1-15-10-6-7(12)5-8(11(10)16-2)9(13)3-4-14/h5-6,9,14H,3-4,13H2,1-2H3. The van der Waals surface area contributed by atoms with Gasteiger partial charge in [-0.15, -0.1) is 0 Å². The summed E-state index contributed by atoms with van der Waals surface area (Å²) in [6.45, 7) is 0.0408. The maximum absolute atomic E-state index is 8.89. The minimum atomic E-state index is -0.272. The SMILES string of the molecule is COc1cc(Br)cc(C(N)CCO)c1OC. The van der Waals surface area contributed by atoms with Crippen LogP contribution in [0, 0.1) is 0 Å². The van der Waals surface area contributed by atoms with Gasteiger partial charge in [-0.1, -0.05) is 15.9 Å². The van der Waals surface area contributed by atoms with Gasteiger partial charge >= 0.3 is 0 Å². The van der Waals surface area contributed by atoms with Crippen molar-refractivity contribution in [1.29, 1.82) is 0 Å². The van der Waals surface area contributed by atoms with E-state index in [4.69, 9.17) is 20.3 Å². The van der Waals surface area contributed by atoms with Crippen LogP contribution in [0.25, 0.3) is 0 Å². The van der Waals surface area contributed by atoms with Crippen LogP contribution in [0.3, 0.4) is 0 Å². The second kappa shape index (κ2) is 6.08. The number of hydrogen-bond donors (Lipinski definition) is 2. The first-order valence-corrected chi connectivity index (χ1v) is 5.71. The molecule has 0 aromatic heterocycles. The summed E-state index contributed by atoms with van der Waals surface area (Å²) >= 11 is 3.38. The number of methoxy groups -OCH3 is 2. The molecular weight excluding hydrogens is 274 g/mol. The zero-order valence-electron chi connectivity index (χ0n) is 9.37. The van der Waals surface area contributed by atoms with E-state index in [1.165, 1.54) is 0 Å². The van der Waals surface area contributed by atoms with E-state index in [2.05, 4.69) is 15.9 Å². The lowest BCUT2D eigenvalue weighted by atomic mass is 10.0. The van der Waals surface area contributed by atoms with Gasteiger partial charge in [0.25, 0.3) is 0 Å². The monoisotopic (exact) mass is 289 g/mol. The quantitative estimate of drug-likeness (QED) is 0.868.